The maximum atomic E-state index is 13.3. The van der Waals surface area contributed by atoms with Crippen molar-refractivity contribution in [2.75, 3.05) is 19.3 Å². The summed E-state index contributed by atoms with van der Waals surface area (Å²) >= 11 is 1.33. The Morgan fingerprint density at radius 2 is 2.17 bits per heavy atom. The van der Waals surface area contributed by atoms with Crippen LogP contribution in [0.15, 0.2) is 24.3 Å². The third-order valence-corrected chi connectivity index (χ3v) is 5.64. The van der Waals surface area contributed by atoms with E-state index in [0.717, 1.165) is 17.4 Å². The lowest BCUT2D eigenvalue weighted by Gasteiger charge is -2.32. The van der Waals surface area contributed by atoms with E-state index in [2.05, 4.69) is 4.72 Å². The van der Waals surface area contributed by atoms with Gasteiger partial charge in [0.25, 0.3) is 5.91 Å². The van der Waals surface area contributed by atoms with Gasteiger partial charge in [0, 0.05) is 23.8 Å². The third kappa shape index (κ3) is 3.88. The Morgan fingerprint density at radius 1 is 1.39 bits per heavy atom. The fourth-order valence-electron chi connectivity index (χ4n) is 2.84. The van der Waals surface area contributed by atoms with Gasteiger partial charge >= 0.3 is 0 Å². The third-order valence-electron chi connectivity index (χ3n) is 3.78. The fourth-order valence-corrected chi connectivity index (χ4v) is 4.64. The Balaban J connectivity index is 1.78. The average molecular weight is 356 g/mol. The first-order chi connectivity index (χ1) is 10.8. The van der Waals surface area contributed by atoms with E-state index in [-0.39, 0.29) is 17.8 Å². The Labute approximate surface area is 138 Å². The van der Waals surface area contributed by atoms with Crippen LogP contribution in [0.2, 0.25) is 0 Å². The molecule has 1 aromatic carbocycles. The Bertz CT molecular complexity index is 848. The highest BCUT2D eigenvalue weighted by molar-refractivity contribution is 7.88. The standard InChI is InChI=1S/C15H17FN2O3S2/c1-23(20,21)17-12-3-2-6-18(9-12)15(19)14-8-10-7-11(16)4-5-13(10)22-14/h4-5,7-8,12,17H,2-3,6,9H2,1H3/t12-/m1/s1. The predicted molar refractivity (Wildman–Crippen MR) is 88.7 cm³/mol. The van der Waals surface area contributed by atoms with Gasteiger partial charge in [0.15, 0.2) is 0 Å². The van der Waals surface area contributed by atoms with Crippen molar-refractivity contribution in [1.82, 2.24) is 9.62 Å². The van der Waals surface area contributed by atoms with Crippen LogP contribution in [-0.4, -0.2) is 44.6 Å². The van der Waals surface area contributed by atoms with E-state index in [1.807, 2.05) is 0 Å². The average Bonchev–Trinajstić information content (AvgIpc) is 2.88. The molecule has 3 rings (SSSR count). The molecule has 23 heavy (non-hydrogen) atoms. The summed E-state index contributed by atoms with van der Waals surface area (Å²) in [7, 11) is -3.29. The van der Waals surface area contributed by atoms with E-state index in [4.69, 9.17) is 0 Å². The molecule has 0 saturated carbocycles. The molecule has 0 aliphatic carbocycles. The van der Waals surface area contributed by atoms with Gasteiger partial charge in [0.1, 0.15) is 5.82 Å². The van der Waals surface area contributed by atoms with Gasteiger partial charge < -0.3 is 4.90 Å². The van der Waals surface area contributed by atoms with Gasteiger partial charge in [-0.1, -0.05) is 0 Å². The van der Waals surface area contributed by atoms with Crippen molar-refractivity contribution in [1.29, 1.82) is 0 Å². The Kier molecular flexibility index (Phi) is 4.39. The summed E-state index contributed by atoms with van der Waals surface area (Å²) < 4.78 is 39.4. The molecule has 1 N–H and O–H groups in total. The van der Waals surface area contributed by atoms with Gasteiger partial charge in [-0.25, -0.2) is 17.5 Å². The second-order valence-corrected chi connectivity index (χ2v) is 8.64. The highest BCUT2D eigenvalue weighted by atomic mass is 32.2. The highest BCUT2D eigenvalue weighted by Gasteiger charge is 2.27. The second kappa shape index (κ2) is 6.18. The molecule has 1 atom stereocenters. The number of benzene rings is 1. The van der Waals surface area contributed by atoms with Gasteiger partial charge in [0.05, 0.1) is 11.1 Å². The number of piperidine rings is 1. The predicted octanol–water partition coefficient (Wildman–Crippen LogP) is 2.19. The van der Waals surface area contributed by atoms with Crippen molar-refractivity contribution >= 4 is 37.4 Å². The zero-order valence-electron chi connectivity index (χ0n) is 12.6. The summed E-state index contributed by atoms with van der Waals surface area (Å²) in [5.41, 5.74) is 0. The van der Waals surface area contributed by atoms with Crippen molar-refractivity contribution in [3.63, 3.8) is 0 Å². The quantitative estimate of drug-likeness (QED) is 0.917. The van der Waals surface area contributed by atoms with Gasteiger partial charge in [-0.05, 0) is 42.5 Å². The maximum absolute atomic E-state index is 13.3. The largest absolute Gasteiger partial charge is 0.336 e. The minimum absolute atomic E-state index is 0.133. The van der Waals surface area contributed by atoms with E-state index in [1.165, 1.54) is 23.5 Å². The van der Waals surface area contributed by atoms with Crippen LogP contribution in [0.1, 0.15) is 22.5 Å². The van der Waals surface area contributed by atoms with E-state index < -0.39 is 10.0 Å². The van der Waals surface area contributed by atoms with Crippen molar-refractivity contribution in [3.05, 3.63) is 35.0 Å². The lowest BCUT2D eigenvalue weighted by Crippen LogP contribution is -2.49. The molecule has 0 unspecified atom stereocenters. The number of fused-ring (bicyclic) bond motifs is 1. The van der Waals surface area contributed by atoms with Crippen LogP contribution in [0.4, 0.5) is 4.39 Å². The number of likely N-dealkylation sites (tertiary alicyclic amines) is 1. The summed E-state index contributed by atoms with van der Waals surface area (Å²) in [6.07, 6.45) is 2.58. The van der Waals surface area contributed by atoms with Crippen LogP contribution in [0.5, 0.6) is 0 Å². The van der Waals surface area contributed by atoms with Crippen LogP contribution in [0.25, 0.3) is 10.1 Å². The lowest BCUT2D eigenvalue weighted by molar-refractivity contribution is 0.0708. The summed E-state index contributed by atoms with van der Waals surface area (Å²) in [6, 6.07) is 5.89. The van der Waals surface area contributed by atoms with Crippen LogP contribution < -0.4 is 4.72 Å². The van der Waals surface area contributed by atoms with Crippen LogP contribution in [0.3, 0.4) is 0 Å². The number of amides is 1. The number of sulfonamides is 1. The molecule has 2 aromatic rings. The first-order valence-corrected chi connectivity index (χ1v) is 9.98. The molecule has 1 aliphatic rings. The molecule has 1 saturated heterocycles. The first kappa shape index (κ1) is 16.4. The molecule has 124 valence electrons. The number of hydrogen-bond acceptors (Lipinski definition) is 4. The summed E-state index contributed by atoms with van der Waals surface area (Å²) in [5, 5.41) is 0.709. The van der Waals surface area contributed by atoms with Crippen molar-refractivity contribution < 1.29 is 17.6 Å². The minimum atomic E-state index is -3.29. The number of nitrogens with one attached hydrogen (secondary N) is 1. The van der Waals surface area contributed by atoms with E-state index in [9.17, 15) is 17.6 Å². The maximum Gasteiger partial charge on any atom is 0.264 e. The van der Waals surface area contributed by atoms with E-state index >= 15 is 0 Å². The molecule has 1 aromatic heterocycles. The van der Waals surface area contributed by atoms with Crippen molar-refractivity contribution in [2.24, 2.45) is 0 Å². The molecule has 0 spiro atoms. The second-order valence-electron chi connectivity index (χ2n) is 5.77. The normalized spacial score (nSPS) is 19.2. The van der Waals surface area contributed by atoms with Gasteiger partial charge in [-0.15, -0.1) is 11.3 Å². The zero-order valence-corrected chi connectivity index (χ0v) is 14.2. The Morgan fingerprint density at radius 3 is 2.91 bits per heavy atom. The Hall–Kier alpha value is -1.51. The van der Waals surface area contributed by atoms with Crippen LogP contribution >= 0.6 is 11.3 Å². The van der Waals surface area contributed by atoms with Gasteiger partial charge in [-0.3, -0.25) is 4.79 Å². The van der Waals surface area contributed by atoms with E-state index in [1.54, 1.807) is 17.0 Å². The monoisotopic (exact) mass is 356 g/mol. The number of rotatable bonds is 3. The molecule has 0 bridgehead atoms. The zero-order chi connectivity index (χ0) is 16.6. The minimum Gasteiger partial charge on any atom is -0.336 e. The summed E-state index contributed by atoms with van der Waals surface area (Å²) in [4.78, 5) is 14.8. The van der Waals surface area contributed by atoms with Gasteiger partial charge in [0.2, 0.25) is 10.0 Å². The number of carbonyl (C=O) groups is 1. The molecule has 5 nitrogen and oxygen atoms in total. The number of nitrogens with zero attached hydrogens (tertiary/aromatic N) is 1. The topological polar surface area (TPSA) is 66.5 Å². The SMILES string of the molecule is CS(=O)(=O)N[C@@H]1CCCN(C(=O)c2cc3cc(F)ccc3s2)C1. The highest BCUT2D eigenvalue weighted by Crippen LogP contribution is 2.28. The molecular weight excluding hydrogens is 339 g/mol. The summed E-state index contributed by atoms with van der Waals surface area (Å²) in [5.74, 6) is -0.462. The van der Waals surface area contributed by atoms with Crippen molar-refractivity contribution in [3.8, 4) is 0 Å². The van der Waals surface area contributed by atoms with E-state index in [0.29, 0.717) is 29.8 Å². The molecule has 1 amide bonds. The van der Waals surface area contributed by atoms with Crippen molar-refractivity contribution in [2.45, 2.75) is 18.9 Å². The smallest absolute Gasteiger partial charge is 0.264 e. The molecular formula is C15H17FN2O3S2. The number of carbonyl (C=O) groups excluding carboxylic acids is 1. The molecule has 1 aliphatic heterocycles. The lowest BCUT2D eigenvalue weighted by atomic mass is 10.1. The number of thiophene rings is 1. The fraction of sp³-hybridized carbons (Fsp3) is 0.400. The number of hydrogen-bond donors (Lipinski definition) is 1. The molecule has 2 heterocycles. The van der Waals surface area contributed by atoms with Crippen LogP contribution in [0, 0.1) is 5.82 Å². The van der Waals surface area contributed by atoms with Gasteiger partial charge in [-0.2, -0.15) is 0 Å². The molecule has 1 fully saturated rings. The summed E-state index contributed by atoms with van der Waals surface area (Å²) in [6.45, 7) is 0.956. The first-order valence-electron chi connectivity index (χ1n) is 7.27. The molecule has 8 heteroatoms. The molecule has 0 radical (unpaired) electrons. The van der Waals surface area contributed by atoms with Crippen LogP contribution in [-0.2, 0) is 10.0 Å². The number of halogens is 1.